The number of hydrogen-bond acceptors (Lipinski definition) is 4. The summed E-state index contributed by atoms with van der Waals surface area (Å²) in [7, 11) is 0. The third-order valence-corrected chi connectivity index (χ3v) is 5.19. The van der Waals surface area contributed by atoms with Gasteiger partial charge in [0.05, 0.1) is 18.0 Å². The van der Waals surface area contributed by atoms with Crippen LogP contribution in [0.25, 0.3) is 16.9 Å². The van der Waals surface area contributed by atoms with Crippen molar-refractivity contribution in [2.24, 2.45) is 0 Å². The van der Waals surface area contributed by atoms with Crippen LogP contribution >= 0.6 is 0 Å². The molecule has 1 aliphatic rings. The average Bonchev–Trinajstić information content (AvgIpc) is 2.86. The third kappa shape index (κ3) is 3.70. The summed E-state index contributed by atoms with van der Waals surface area (Å²) in [6, 6.07) is 12.5. The Morgan fingerprint density at radius 1 is 1.11 bits per heavy atom. The summed E-state index contributed by atoms with van der Waals surface area (Å²) in [4.78, 5) is 7.58. The largest absolute Gasteiger partial charge is 0.493 e. The molecular formula is C22H28N4O. The number of nitrogens with one attached hydrogen (secondary N) is 1. The average molecular weight is 364 g/mol. The van der Waals surface area contributed by atoms with E-state index in [-0.39, 0.29) is 0 Å². The number of imidazole rings is 1. The van der Waals surface area contributed by atoms with Crippen molar-refractivity contribution in [1.29, 1.82) is 0 Å². The molecule has 4 rings (SSSR count). The molecule has 5 nitrogen and oxygen atoms in total. The molecule has 3 aromatic rings. The molecule has 1 N–H and O–H groups in total. The highest BCUT2D eigenvalue weighted by Gasteiger charge is 2.20. The minimum atomic E-state index is 0.649. The Kier molecular flexibility index (Phi) is 5.41. The topological polar surface area (TPSA) is 41.8 Å². The van der Waals surface area contributed by atoms with E-state index in [1.54, 1.807) is 0 Å². The Labute approximate surface area is 161 Å². The summed E-state index contributed by atoms with van der Waals surface area (Å²) in [5, 5.41) is 3.49. The molecule has 1 saturated heterocycles. The van der Waals surface area contributed by atoms with E-state index < -0.39 is 0 Å². The number of nitrogens with zero attached hydrogens (tertiary/aromatic N) is 3. The van der Waals surface area contributed by atoms with Crippen LogP contribution < -0.4 is 10.1 Å². The highest BCUT2D eigenvalue weighted by molar-refractivity contribution is 5.73. The fraction of sp³-hybridized carbons (Fsp3) is 0.409. The van der Waals surface area contributed by atoms with Crippen molar-refractivity contribution in [2.45, 2.75) is 26.8 Å². The first kappa shape index (κ1) is 18.0. The van der Waals surface area contributed by atoms with Gasteiger partial charge < -0.3 is 14.5 Å². The number of hydrogen-bond donors (Lipinski definition) is 1. The van der Waals surface area contributed by atoms with Gasteiger partial charge in [0, 0.05) is 31.4 Å². The summed E-state index contributed by atoms with van der Waals surface area (Å²) < 4.78 is 8.17. The summed E-state index contributed by atoms with van der Waals surface area (Å²) in [5.41, 5.74) is 5.57. The summed E-state index contributed by atoms with van der Waals surface area (Å²) in [6.07, 6.45) is 3.31. The molecule has 5 heteroatoms. The summed E-state index contributed by atoms with van der Waals surface area (Å²) in [5.74, 6) is 0.903. The van der Waals surface area contributed by atoms with Crippen LogP contribution in [0.15, 0.2) is 42.6 Å². The molecular weight excluding hydrogens is 336 g/mol. The molecule has 1 fully saturated rings. The van der Waals surface area contributed by atoms with Crippen molar-refractivity contribution in [3.05, 3.63) is 53.9 Å². The number of benzene rings is 1. The number of fused-ring (bicyclic) bond motifs is 1. The first-order chi connectivity index (χ1) is 13.3. The van der Waals surface area contributed by atoms with Crippen LogP contribution in [0.1, 0.15) is 24.6 Å². The van der Waals surface area contributed by atoms with Gasteiger partial charge >= 0.3 is 0 Å². The lowest BCUT2D eigenvalue weighted by molar-refractivity contribution is 0.280. The predicted molar refractivity (Wildman–Crippen MR) is 109 cm³/mol. The van der Waals surface area contributed by atoms with Gasteiger partial charge in [-0.05, 0) is 57.1 Å². The Bertz CT molecular complexity index is 910. The van der Waals surface area contributed by atoms with Gasteiger partial charge in [-0.25, -0.2) is 4.98 Å². The second-order valence-electron chi connectivity index (χ2n) is 7.10. The van der Waals surface area contributed by atoms with Crippen LogP contribution in [-0.4, -0.2) is 47.1 Å². The third-order valence-electron chi connectivity index (χ3n) is 5.19. The van der Waals surface area contributed by atoms with Crippen LogP contribution in [0.4, 0.5) is 0 Å². The van der Waals surface area contributed by atoms with Gasteiger partial charge in [0.2, 0.25) is 0 Å². The maximum Gasteiger partial charge on any atom is 0.140 e. The Morgan fingerprint density at radius 2 is 2.00 bits per heavy atom. The van der Waals surface area contributed by atoms with Gasteiger partial charge in [0.25, 0.3) is 0 Å². The van der Waals surface area contributed by atoms with Gasteiger partial charge in [-0.2, -0.15) is 0 Å². The minimum Gasteiger partial charge on any atom is -0.493 e. The summed E-state index contributed by atoms with van der Waals surface area (Å²) in [6.45, 7) is 10.0. The van der Waals surface area contributed by atoms with E-state index in [9.17, 15) is 0 Å². The van der Waals surface area contributed by atoms with E-state index in [2.05, 4.69) is 52.0 Å². The van der Waals surface area contributed by atoms with Crippen LogP contribution in [-0.2, 0) is 6.54 Å². The zero-order valence-electron chi connectivity index (χ0n) is 16.2. The predicted octanol–water partition coefficient (Wildman–Crippen LogP) is 3.50. The normalized spacial score (nSPS) is 15.8. The number of rotatable bonds is 5. The van der Waals surface area contributed by atoms with Crippen molar-refractivity contribution in [3.63, 3.8) is 0 Å². The molecule has 0 aliphatic carbocycles. The van der Waals surface area contributed by atoms with Crippen molar-refractivity contribution in [2.75, 3.05) is 32.8 Å². The Hall–Kier alpha value is -2.37. The molecule has 2 aromatic heterocycles. The SMILES string of the molecule is CCOc1ccccc1-c1nc2c(C)cccn2c1CN1CCCNCC1. The fourth-order valence-electron chi connectivity index (χ4n) is 3.83. The molecule has 0 unspecified atom stereocenters. The minimum absolute atomic E-state index is 0.649. The van der Waals surface area contributed by atoms with Crippen LogP contribution in [0, 0.1) is 6.92 Å². The molecule has 142 valence electrons. The molecule has 0 spiro atoms. The lowest BCUT2D eigenvalue weighted by Crippen LogP contribution is -2.28. The highest BCUT2D eigenvalue weighted by Crippen LogP contribution is 2.33. The first-order valence-electron chi connectivity index (χ1n) is 9.89. The lowest BCUT2D eigenvalue weighted by atomic mass is 10.1. The molecule has 1 aromatic carbocycles. The monoisotopic (exact) mass is 364 g/mol. The van der Waals surface area contributed by atoms with E-state index >= 15 is 0 Å². The van der Waals surface area contributed by atoms with Gasteiger partial charge in [0.15, 0.2) is 0 Å². The van der Waals surface area contributed by atoms with Crippen LogP contribution in [0.3, 0.4) is 0 Å². The Balaban J connectivity index is 1.83. The second-order valence-corrected chi connectivity index (χ2v) is 7.10. The molecule has 3 heterocycles. The van der Waals surface area contributed by atoms with Crippen molar-refractivity contribution < 1.29 is 4.74 Å². The fourth-order valence-corrected chi connectivity index (χ4v) is 3.83. The van der Waals surface area contributed by atoms with Gasteiger partial charge in [-0.1, -0.05) is 18.2 Å². The first-order valence-corrected chi connectivity index (χ1v) is 9.89. The quantitative estimate of drug-likeness (QED) is 0.752. The van der Waals surface area contributed by atoms with Gasteiger partial charge in [-0.3, -0.25) is 4.90 Å². The maximum absolute atomic E-state index is 5.91. The standard InChI is InChI=1S/C22H28N4O/c1-3-27-20-10-5-4-9-18(20)21-19(16-25-13-7-11-23-12-15-25)26-14-6-8-17(2)22(26)24-21/h4-6,8-10,14,23H,3,7,11-13,15-16H2,1-2H3. The highest BCUT2D eigenvalue weighted by atomic mass is 16.5. The smallest absolute Gasteiger partial charge is 0.140 e. The van der Waals surface area contributed by atoms with Crippen molar-refractivity contribution in [3.8, 4) is 17.0 Å². The summed E-state index contributed by atoms with van der Waals surface area (Å²) >= 11 is 0. The molecule has 0 atom stereocenters. The zero-order valence-corrected chi connectivity index (χ0v) is 16.2. The second kappa shape index (κ2) is 8.11. The van der Waals surface area contributed by atoms with Gasteiger partial charge in [-0.15, -0.1) is 0 Å². The van der Waals surface area contributed by atoms with E-state index in [0.29, 0.717) is 6.61 Å². The van der Waals surface area contributed by atoms with Gasteiger partial charge in [0.1, 0.15) is 11.4 Å². The maximum atomic E-state index is 5.91. The van der Waals surface area contributed by atoms with Crippen LogP contribution in [0.2, 0.25) is 0 Å². The number of para-hydroxylation sites is 1. The number of aryl methyl sites for hydroxylation is 1. The zero-order chi connectivity index (χ0) is 18.6. The number of aromatic nitrogens is 2. The van der Waals surface area contributed by atoms with Crippen LogP contribution in [0.5, 0.6) is 5.75 Å². The lowest BCUT2D eigenvalue weighted by Gasteiger charge is -2.20. The van der Waals surface area contributed by atoms with E-state index in [1.807, 2.05) is 19.1 Å². The molecule has 1 aliphatic heterocycles. The number of ether oxygens (including phenoxy) is 1. The van der Waals surface area contributed by atoms with E-state index in [1.165, 1.54) is 17.7 Å². The van der Waals surface area contributed by atoms with Crippen molar-refractivity contribution >= 4 is 5.65 Å². The molecule has 27 heavy (non-hydrogen) atoms. The number of pyridine rings is 1. The molecule has 0 bridgehead atoms. The molecule has 0 amide bonds. The Morgan fingerprint density at radius 3 is 2.89 bits per heavy atom. The van der Waals surface area contributed by atoms with Crippen molar-refractivity contribution in [1.82, 2.24) is 19.6 Å². The van der Waals surface area contributed by atoms with E-state index in [0.717, 1.165) is 55.4 Å². The van der Waals surface area contributed by atoms with E-state index in [4.69, 9.17) is 9.72 Å². The molecule has 0 radical (unpaired) electrons. The molecule has 0 saturated carbocycles.